The van der Waals surface area contributed by atoms with Crippen molar-refractivity contribution in [2.75, 3.05) is 19.0 Å². The third kappa shape index (κ3) is 6.55. The highest BCUT2D eigenvalue weighted by Crippen LogP contribution is 2.27. The molecule has 0 aliphatic carbocycles. The number of aromatic nitrogens is 3. The summed E-state index contributed by atoms with van der Waals surface area (Å²) in [5, 5.41) is 16.7. The zero-order valence-corrected chi connectivity index (χ0v) is 22.0. The molecule has 3 aromatic rings. The topological polar surface area (TPSA) is 139 Å². The highest BCUT2D eigenvalue weighted by molar-refractivity contribution is 7.14. The van der Waals surface area contributed by atoms with Crippen molar-refractivity contribution >= 4 is 40.1 Å². The molecule has 10 nitrogen and oxygen atoms in total. The maximum atomic E-state index is 12.9. The molecular formula is C26H28N6O4S. The van der Waals surface area contributed by atoms with Crippen LogP contribution in [0, 0.1) is 11.3 Å². The number of allylic oxidation sites excluding steroid dienone is 1. The van der Waals surface area contributed by atoms with Crippen molar-refractivity contribution in [3.8, 4) is 17.3 Å². The summed E-state index contributed by atoms with van der Waals surface area (Å²) in [5.74, 6) is -1.15. The number of hydrogen-bond acceptors (Lipinski definition) is 8. The molecule has 192 valence electrons. The van der Waals surface area contributed by atoms with Gasteiger partial charge in [-0.2, -0.15) is 5.26 Å². The van der Waals surface area contributed by atoms with Crippen LogP contribution in [0.15, 0.2) is 42.2 Å². The Labute approximate surface area is 219 Å². The summed E-state index contributed by atoms with van der Waals surface area (Å²) in [6.45, 7) is 6.70. The van der Waals surface area contributed by atoms with Crippen LogP contribution in [0.2, 0.25) is 0 Å². The number of nitrogens with zero attached hydrogens (tertiary/aromatic N) is 4. The normalized spacial score (nSPS) is 12.2. The number of benzene rings is 1. The average Bonchev–Trinajstić information content (AvgIpc) is 3.55. The van der Waals surface area contributed by atoms with Crippen LogP contribution < -0.4 is 10.6 Å². The van der Waals surface area contributed by atoms with Crippen molar-refractivity contribution in [3.05, 3.63) is 59.0 Å². The van der Waals surface area contributed by atoms with Gasteiger partial charge in [0, 0.05) is 29.8 Å². The molecule has 37 heavy (non-hydrogen) atoms. The van der Waals surface area contributed by atoms with Gasteiger partial charge in [0.05, 0.1) is 24.7 Å². The van der Waals surface area contributed by atoms with Crippen molar-refractivity contribution in [1.82, 2.24) is 19.9 Å². The van der Waals surface area contributed by atoms with Crippen LogP contribution in [0.25, 0.3) is 17.3 Å². The van der Waals surface area contributed by atoms with E-state index in [1.807, 2.05) is 31.2 Å². The number of imidazole rings is 1. The summed E-state index contributed by atoms with van der Waals surface area (Å²) in [6.07, 6.45) is 6.58. The number of nitrogens with one attached hydrogen (secondary N) is 2. The molecule has 2 heterocycles. The molecule has 2 amide bonds. The monoisotopic (exact) mass is 520 g/mol. The van der Waals surface area contributed by atoms with Gasteiger partial charge in [-0.15, -0.1) is 11.3 Å². The van der Waals surface area contributed by atoms with E-state index in [4.69, 9.17) is 4.74 Å². The molecule has 1 atom stereocenters. The molecule has 2 N–H and O–H groups in total. The van der Waals surface area contributed by atoms with Crippen molar-refractivity contribution in [3.63, 3.8) is 0 Å². The second-order valence-corrected chi connectivity index (χ2v) is 9.56. The molecule has 0 spiro atoms. The van der Waals surface area contributed by atoms with Crippen LogP contribution in [-0.4, -0.2) is 51.9 Å². The van der Waals surface area contributed by atoms with Crippen LogP contribution in [-0.2, 0) is 15.1 Å². The molecule has 1 aromatic carbocycles. The van der Waals surface area contributed by atoms with E-state index in [1.54, 1.807) is 25.3 Å². The van der Waals surface area contributed by atoms with Crippen molar-refractivity contribution in [2.45, 2.75) is 39.3 Å². The van der Waals surface area contributed by atoms with E-state index in [9.17, 15) is 19.6 Å². The van der Waals surface area contributed by atoms with Crippen LogP contribution in [0.3, 0.4) is 0 Å². The predicted molar refractivity (Wildman–Crippen MR) is 141 cm³/mol. The minimum Gasteiger partial charge on any atom is -0.382 e. The summed E-state index contributed by atoms with van der Waals surface area (Å²) in [5.41, 5.74) is 1.94. The average molecular weight is 521 g/mol. The molecule has 0 radical (unpaired) electrons. The van der Waals surface area contributed by atoms with Crippen LogP contribution in [0.1, 0.15) is 54.1 Å². The molecular weight excluding hydrogens is 492 g/mol. The Bertz CT molecular complexity index is 1380. The molecule has 0 saturated carbocycles. The number of carbonyl (C=O) groups excluding carboxylic acids is 3. The van der Waals surface area contributed by atoms with Gasteiger partial charge in [0.1, 0.15) is 17.3 Å². The number of rotatable bonds is 10. The number of Topliss-reactive ketones (excluding diaryl/α,β-unsaturated/α-hetero) is 1. The number of nitriles is 1. The van der Waals surface area contributed by atoms with Gasteiger partial charge in [-0.3, -0.25) is 14.4 Å². The minimum absolute atomic E-state index is 0.0575. The number of amides is 2. The smallest absolute Gasteiger partial charge is 0.272 e. The predicted octanol–water partition coefficient (Wildman–Crippen LogP) is 3.88. The fourth-order valence-corrected chi connectivity index (χ4v) is 4.11. The first kappa shape index (κ1) is 27.4. The Hall–Kier alpha value is -4.14. The lowest BCUT2D eigenvalue weighted by molar-refractivity contribution is -0.119. The Morgan fingerprint density at radius 2 is 2.08 bits per heavy atom. The third-order valence-electron chi connectivity index (χ3n) is 5.50. The third-order valence-corrected chi connectivity index (χ3v) is 6.26. The van der Waals surface area contributed by atoms with Crippen molar-refractivity contribution < 1.29 is 19.1 Å². The molecule has 0 aliphatic rings. The molecule has 0 aliphatic heterocycles. The fourth-order valence-electron chi connectivity index (χ4n) is 3.39. The van der Waals surface area contributed by atoms with E-state index in [0.29, 0.717) is 16.4 Å². The quantitative estimate of drug-likeness (QED) is 0.387. The number of ketones is 1. The van der Waals surface area contributed by atoms with E-state index in [1.165, 1.54) is 42.5 Å². The summed E-state index contributed by atoms with van der Waals surface area (Å²) in [7, 11) is 1.42. The minimum atomic E-state index is -1.01. The Kier molecular flexibility index (Phi) is 8.70. The fraction of sp³-hybridized carbons (Fsp3) is 0.308. The van der Waals surface area contributed by atoms with Crippen LogP contribution in [0.5, 0.6) is 0 Å². The standard InChI is InChI=1S/C26H28N6O4S/c1-6-7-17-8-9-18(10-19(17)16(2)33)22-13-37-25(30-22)31-24(35)21(12-36-5)29-23(34)20-11-32(15-28-20)26(3,4)14-27/h6-11,13,15,21H,12H2,1-5H3,(H,29,34)(H,30,31,35)/b7-6-. The van der Waals surface area contributed by atoms with Gasteiger partial charge in [0.25, 0.3) is 11.8 Å². The van der Waals surface area contributed by atoms with Gasteiger partial charge in [0.2, 0.25) is 0 Å². The largest absolute Gasteiger partial charge is 0.382 e. The van der Waals surface area contributed by atoms with E-state index < -0.39 is 23.4 Å². The maximum Gasteiger partial charge on any atom is 0.272 e. The van der Waals surface area contributed by atoms with E-state index in [2.05, 4.69) is 26.7 Å². The van der Waals surface area contributed by atoms with Crippen LogP contribution in [0.4, 0.5) is 5.13 Å². The number of thiazole rings is 1. The number of carbonyl (C=O) groups is 3. The molecule has 0 saturated heterocycles. The van der Waals surface area contributed by atoms with Crippen molar-refractivity contribution in [2.24, 2.45) is 0 Å². The van der Waals surface area contributed by atoms with Gasteiger partial charge in [-0.1, -0.05) is 24.3 Å². The molecule has 1 unspecified atom stereocenters. The molecule has 0 bridgehead atoms. The second-order valence-electron chi connectivity index (χ2n) is 8.70. The first-order valence-electron chi connectivity index (χ1n) is 11.4. The highest BCUT2D eigenvalue weighted by Gasteiger charge is 2.25. The summed E-state index contributed by atoms with van der Waals surface area (Å²) >= 11 is 1.22. The van der Waals surface area contributed by atoms with Gasteiger partial charge in [0.15, 0.2) is 10.9 Å². The first-order valence-corrected chi connectivity index (χ1v) is 12.3. The summed E-state index contributed by atoms with van der Waals surface area (Å²) in [6, 6.07) is 6.61. The summed E-state index contributed by atoms with van der Waals surface area (Å²) < 4.78 is 6.64. The molecule has 2 aromatic heterocycles. The molecule has 11 heteroatoms. The van der Waals surface area contributed by atoms with Gasteiger partial charge >= 0.3 is 0 Å². The van der Waals surface area contributed by atoms with Gasteiger partial charge in [-0.25, -0.2) is 9.97 Å². The van der Waals surface area contributed by atoms with Crippen molar-refractivity contribution in [1.29, 1.82) is 5.26 Å². The van der Waals surface area contributed by atoms with Gasteiger partial charge in [-0.05, 0) is 39.3 Å². The Morgan fingerprint density at radius 3 is 2.73 bits per heavy atom. The SMILES string of the molecule is C/C=C\c1ccc(-c2csc(NC(=O)C(COC)NC(=O)c3cn(C(C)(C)C#N)cn3)n2)cc1C(C)=O. The number of hydrogen-bond donors (Lipinski definition) is 2. The lowest BCUT2D eigenvalue weighted by atomic mass is 9.99. The number of ether oxygens (including phenoxy) is 1. The second kappa shape index (κ2) is 11.7. The van der Waals surface area contributed by atoms with E-state index >= 15 is 0 Å². The molecule has 0 fully saturated rings. The zero-order chi connectivity index (χ0) is 27.2. The zero-order valence-electron chi connectivity index (χ0n) is 21.2. The summed E-state index contributed by atoms with van der Waals surface area (Å²) in [4.78, 5) is 46.3. The maximum absolute atomic E-state index is 12.9. The van der Waals surface area contributed by atoms with E-state index in [-0.39, 0.29) is 18.1 Å². The Morgan fingerprint density at radius 1 is 1.32 bits per heavy atom. The van der Waals surface area contributed by atoms with Gasteiger partial charge < -0.3 is 19.9 Å². The lowest BCUT2D eigenvalue weighted by Gasteiger charge is -2.17. The molecule has 3 rings (SSSR count). The first-order chi connectivity index (χ1) is 17.6. The highest BCUT2D eigenvalue weighted by atomic mass is 32.1. The number of methoxy groups -OCH3 is 1. The van der Waals surface area contributed by atoms with Crippen LogP contribution >= 0.6 is 11.3 Å². The lowest BCUT2D eigenvalue weighted by Crippen LogP contribution is -2.46. The van der Waals surface area contributed by atoms with E-state index in [0.717, 1.165) is 11.1 Å². The number of anilines is 1. The Balaban J connectivity index is 1.73.